The smallest absolute Gasteiger partial charge is 0.318 e. The predicted octanol–water partition coefficient (Wildman–Crippen LogP) is 2.32. The lowest BCUT2D eigenvalue weighted by Gasteiger charge is -2.24. The molecule has 0 radical (unpaired) electrons. The highest BCUT2D eigenvalue weighted by molar-refractivity contribution is 5.68. The van der Waals surface area contributed by atoms with Crippen LogP contribution in [0.3, 0.4) is 0 Å². The molecule has 2 aromatic rings. The number of aromatic nitrogens is 2. The first-order valence-electron chi connectivity index (χ1n) is 6.80. The van der Waals surface area contributed by atoms with Crippen molar-refractivity contribution in [3.05, 3.63) is 18.2 Å². The van der Waals surface area contributed by atoms with E-state index in [0.717, 1.165) is 18.7 Å². The molecule has 0 bridgehead atoms. The Morgan fingerprint density at radius 1 is 1.20 bits per heavy atom. The number of anilines is 2. The van der Waals surface area contributed by atoms with Crippen molar-refractivity contribution in [3.8, 4) is 17.2 Å². The molecule has 2 heterocycles. The van der Waals surface area contributed by atoms with E-state index in [-0.39, 0.29) is 0 Å². The highest BCUT2D eigenvalue weighted by atomic mass is 16.5. The molecule has 1 fully saturated rings. The lowest BCUT2D eigenvalue weighted by atomic mass is 10.1. The van der Waals surface area contributed by atoms with Crippen LogP contribution in [0.5, 0.6) is 5.75 Å². The van der Waals surface area contributed by atoms with Gasteiger partial charge in [-0.1, -0.05) is 5.10 Å². The second-order valence-corrected chi connectivity index (χ2v) is 4.90. The number of nitrogens with zero attached hydrogens (tertiary/aromatic N) is 3. The number of methoxy groups -OCH3 is 1. The Balaban J connectivity index is 1.91. The van der Waals surface area contributed by atoms with E-state index in [9.17, 15) is 0 Å². The zero-order valence-electron chi connectivity index (χ0n) is 11.5. The monoisotopic (exact) mass is 274 g/mol. The van der Waals surface area contributed by atoms with Crippen LogP contribution >= 0.6 is 0 Å². The van der Waals surface area contributed by atoms with Gasteiger partial charge in [0.2, 0.25) is 0 Å². The van der Waals surface area contributed by atoms with Crippen molar-refractivity contribution in [1.29, 1.82) is 0 Å². The number of piperidine rings is 1. The topological polar surface area (TPSA) is 77.4 Å². The van der Waals surface area contributed by atoms with Gasteiger partial charge in [-0.15, -0.1) is 5.10 Å². The van der Waals surface area contributed by atoms with Gasteiger partial charge in [-0.2, -0.15) is 0 Å². The third-order valence-corrected chi connectivity index (χ3v) is 3.49. The Morgan fingerprint density at radius 3 is 2.75 bits per heavy atom. The molecule has 0 unspecified atom stereocenters. The SMILES string of the molecule is COc1ccc(N)cc1-c1nnc(N2CCCCC2)o1. The third kappa shape index (κ3) is 2.41. The Bertz CT molecular complexity index is 591. The molecule has 1 aromatic heterocycles. The van der Waals surface area contributed by atoms with E-state index >= 15 is 0 Å². The van der Waals surface area contributed by atoms with Crippen LogP contribution in [-0.2, 0) is 0 Å². The molecule has 3 rings (SSSR count). The van der Waals surface area contributed by atoms with Gasteiger partial charge in [-0.05, 0) is 37.5 Å². The van der Waals surface area contributed by atoms with Gasteiger partial charge in [-0.25, -0.2) is 0 Å². The number of benzene rings is 1. The molecule has 0 spiro atoms. The summed E-state index contributed by atoms with van der Waals surface area (Å²) >= 11 is 0. The highest BCUT2D eigenvalue weighted by Crippen LogP contribution is 2.32. The summed E-state index contributed by atoms with van der Waals surface area (Å²) in [7, 11) is 1.61. The van der Waals surface area contributed by atoms with Crippen molar-refractivity contribution in [3.63, 3.8) is 0 Å². The van der Waals surface area contributed by atoms with Gasteiger partial charge in [0.05, 0.1) is 12.7 Å². The molecule has 1 aliphatic heterocycles. The fraction of sp³-hybridized carbons (Fsp3) is 0.429. The summed E-state index contributed by atoms with van der Waals surface area (Å²) in [4.78, 5) is 2.12. The van der Waals surface area contributed by atoms with Crippen LogP contribution in [0, 0.1) is 0 Å². The summed E-state index contributed by atoms with van der Waals surface area (Å²) in [5.41, 5.74) is 7.18. The second kappa shape index (κ2) is 5.40. The van der Waals surface area contributed by atoms with Gasteiger partial charge in [-0.3, -0.25) is 0 Å². The molecular weight excluding hydrogens is 256 g/mol. The Hall–Kier alpha value is -2.24. The quantitative estimate of drug-likeness (QED) is 0.865. The maximum absolute atomic E-state index is 5.81. The third-order valence-electron chi connectivity index (χ3n) is 3.49. The fourth-order valence-electron chi connectivity index (χ4n) is 2.43. The molecule has 1 aliphatic rings. The Morgan fingerprint density at radius 2 is 2.00 bits per heavy atom. The summed E-state index contributed by atoms with van der Waals surface area (Å²) in [6.07, 6.45) is 3.60. The van der Waals surface area contributed by atoms with Gasteiger partial charge < -0.3 is 19.8 Å². The Kier molecular flexibility index (Phi) is 3.45. The summed E-state index contributed by atoms with van der Waals surface area (Å²) in [6.45, 7) is 1.94. The van der Waals surface area contributed by atoms with E-state index in [1.165, 1.54) is 19.3 Å². The number of hydrogen-bond donors (Lipinski definition) is 1. The minimum atomic E-state index is 0.440. The highest BCUT2D eigenvalue weighted by Gasteiger charge is 2.19. The van der Waals surface area contributed by atoms with E-state index in [4.69, 9.17) is 14.9 Å². The van der Waals surface area contributed by atoms with Gasteiger partial charge in [0.15, 0.2) is 0 Å². The van der Waals surface area contributed by atoms with Crippen LogP contribution in [-0.4, -0.2) is 30.4 Å². The standard InChI is InChI=1S/C14H18N4O2/c1-19-12-6-5-10(15)9-11(12)13-16-17-14(20-13)18-7-3-2-4-8-18/h5-6,9H,2-4,7-8,15H2,1H3. The summed E-state index contributed by atoms with van der Waals surface area (Å²) < 4.78 is 11.1. The molecule has 2 N–H and O–H groups in total. The minimum absolute atomic E-state index is 0.440. The van der Waals surface area contributed by atoms with Crippen LogP contribution < -0.4 is 15.4 Å². The molecule has 1 saturated heterocycles. The minimum Gasteiger partial charge on any atom is -0.496 e. The molecule has 106 valence electrons. The second-order valence-electron chi connectivity index (χ2n) is 4.90. The normalized spacial score (nSPS) is 15.3. The van der Waals surface area contributed by atoms with Crippen LogP contribution in [0.4, 0.5) is 11.7 Å². The molecule has 1 aromatic carbocycles. The largest absolute Gasteiger partial charge is 0.496 e. The average molecular weight is 274 g/mol. The van der Waals surface area contributed by atoms with Crippen molar-refractivity contribution >= 4 is 11.7 Å². The van der Waals surface area contributed by atoms with Gasteiger partial charge in [0.25, 0.3) is 5.89 Å². The van der Waals surface area contributed by atoms with Crippen LogP contribution in [0.15, 0.2) is 22.6 Å². The van der Waals surface area contributed by atoms with Crippen molar-refractivity contribution in [2.45, 2.75) is 19.3 Å². The summed E-state index contributed by atoms with van der Waals surface area (Å²) in [6, 6.07) is 5.94. The van der Waals surface area contributed by atoms with Crippen LogP contribution in [0.1, 0.15) is 19.3 Å². The van der Waals surface area contributed by atoms with Crippen molar-refractivity contribution in [2.24, 2.45) is 0 Å². The first-order chi connectivity index (χ1) is 9.78. The molecule has 0 atom stereocenters. The maximum atomic E-state index is 5.81. The number of nitrogens with two attached hydrogens (primary N) is 1. The van der Waals surface area contributed by atoms with Crippen LogP contribution in [0.25, 0.3) is 11.5 Å². The first kappa shape index (κ1) is 12.8. The number of rotatable bonds is 3. The molecule has 0 amide bonds. The van der Waals surface area contributed by atoms with Crippen molar-refractivity contribution in [1.82, 2.24) is 10.2 Å². The van der Waals surface area contributed by atoms with E-state index in [1.54, 1.807) is 25.3 Å². The molecular formula is C14H18N4O2. The molecule has 0 aliphatic carbocycles. The van der Waals surface area contributed by atoms with E-state index in [2.05, 4.69) is 15.1 Å². The molecule has 0 saturated carbocycles. The van der Waals surface area contributed by atoms with Gasteiger partial charge in [0, 0.05) is 18.8 Å². The molecule has 6 heteroatoms. The van der Waals surface area contributed by atoms with Crippen LogP contribution in [0.2, 0.25) is 0 Å². The number of hydrogen-bond acceptors (Lipinski definition) is 6. The first-order valence-corrected chi connectivity index (χ1v) is 6.80. The maximum Gasteiger partial charge on any atom is 0.318 e. The average Bonchev–Trinajstić information content (AvgIpc) is 2.98. The number of ether oxygens (including phenoxy) is 1. The number of nitrogen functional groups attached to an aromatic ring is 1. The van der Waals surface area contributed by atoms with Crippen molar-refractivity contribution < 1.29 is 9.15 Å². The molecule has 6 nitrogen and oxygen atoms in total. The zero-order chi connectivity index (χ0) is 13.9. The van der Waals surface area contributed by atoms with Gasteiger partial charge >= 0.3 is 6.01 Å². The fourth-order valence-corrected chi connectivity index (χ4v) is 2.43. The van der Waals surface area contributed by atoms with E-state index in [1.807, 2.05) is 0 Å². The lowest BCUT2D eigenvalue weighted by Crippen LogP contribution is -2.29. The van der Waals surface area contributed by atoms with E-state index in [0.29, 0.717) is 23.3 Å². The lowest BCUT2D eigenvalue weighted by molar-refractivity contribution is 0.414. The Labute approximate surface area is 117 Å². The van der Waals surface area contributed by atoms with Gasteiger partial charge in [0.1, 0.15) is 5.75 Å². The van der Waals surface area contributed by atoms with E-state index < -0.39 is 0 Å². The predicted molar refractivity (Wildman–Crippen MR) is 76.8 cm³/mol. The summed E-state index contributed by atoms with van der Waals surface area (Å²) in [5.74, 6) is 1.11. The summed E-state index contributed by atoms with van der Waals surface area (Å²) in [5, 5.41) is 8.25. The zero-order valence-corrected chi connectivity index (χ0v) is 11.5. The van der Waals surface area contributed by atoms with Crippen molar-refractivity contribution in [2.75, 3.05) is 30.8 Å². The molecule has 20 heavy (non-hydrogen) atoms.